The number of carbonyl (C=O) groups is 1. The van der Waals surface area contributed by atoms with Gasteiger partial charge in [-0.05, 0) is 36.1 Å². The maximum atomic E-state index is 13.3. The van der Waals surface area contributed by atoms with E-state index < -0.39 is 0 Å². The van der Waals surface area contributed by atoms with Crippen LogP contribution in [0.2, 0.25) is 0 Å². The van der Waals surface area contributed by atoms with Crippen LogP contribution in [-0.2, 0) is 4.79 Å². The molecule has 0 spiro atoms. The highest BCUT2D eigenvalue weighted by Gasteiger charge is 2.05. The van der Waals surface area contributed by atoms with E-state index in [1.54, 1.807) is 30.4 Å². The number of hydrogen-bond acceptors (Lipinski definition) is 3. The quantitative estimate of drug-likeness (QED) is 0.860. The molecule has 1 aromatic carbocycles. The van der Waals surface area contributed by atoms with Crippen LogP contribution in [0.15, 0.2) is 39.9 Å². The van der Waals surface area contributed by atoms with Gasteiger partial charge in [0.25, 0.3) is 0 Å². The minimum absolute atomic E-state index is 0.128. The van der Waals surface area contributed by atoms with Crippen LogP contribution in [0.1, 0.15) is 5.56 Å². The molecule has 1 amide bonds. The van der Waals surface area contributed by atoms with Gasteiger partial charge in [0.15, 0.2) is 0 Å². The van der Waals surface area contributed by atoms with Crippen molar-refractivity contribution < 1.29 is 9.18 Å². The fraction of sp³-hybridized carbons (Fsp3) is 0.154. The van der Waals surface area contributed by atoms with Crippen molar-refractivity contribution in [3.63, 3.8) is 0 Å². The van der Waals surface area contributed by atoms with Crippen molar-refractivity contribution >= 4 is 34.7 Å². The van der Waals surface area contributed by atoms with Crippen LogP contribution in [-0.4, -0.2) is 11.7 Å². The lowest BCUT2D eigenvalue weighted by atomic mass is 10.2. The van der Waals surface area contributed by atoms with Crippen molar-refractivity contribution in [3.8, 4) is 0 Å². The Hall–Kier alpha value is -1.33. The Morgan fingerprint density at radius 2 is 2.28 bits per heavy atom. The van der Waals surface area contributed by atoms with Crippen molar-refractivity contribution in [1.29, 1.82) is 0 Å². The molecular formula is C13H12FNOS2. The number of thioether (sulfide) groups is 1. The molecule has 5 heteroatoms. The third kappa shape index (κ3) is 3.58. The number of rotatable bonds is 4. The molecule has 1 aromatic heterocycles. The van der Waals surface area contributed by atoms with Crippen LogP contribution < -0.4 is 5.32 Å². The van der Waals surface area contributed by atoms with Gasteiger partial charge in [0.2, 0.25) is 5.91 Å². The summed E-state index contributed by atoms with van der Waals surface area (Å²) >= 11 is 3.07. The molecule has 0 unspecified atom stereocenters. The van der Waals surface area contributed by atoms with E-state index in [1.165, 1.54) is 17.8 Å². The second-order valence-corrected chi connectivity index (χ2v) is 5.96. The van der Waals surface area contributed by atoms with Crippen LogP contribution in [0.3, 0.4) is 0 Å². The Kier molecular flexibility index (Phi) is 4.38. The van der Waals surface area contributed by atoms with E-state index in [4.69, 9.17) is 0 Å². The van der Waals surface area contributed by atoms with Gasteiger partial charge in [-0.25, -0.2) is 4.39 Å². The Labute approximate surface area is 113 Å². The highest BCUT2D eigenvalue weighted by molar-refractivity contribution is 8.01. The van der Waals surface area contributed by atoms with Gasteiger partial charge in [0.1, 0.15) is 5.82 Å². The van der Waals surface area contributed by atoms with Crippen LogP contribution in [0, 0.1) is 12.7 Å². The van der Waals surface area contributed by atoms with Gasteiger partial charge in [0, 0.05) is 5.69 Å². The maximum Gasteiger partial charge on any atom is 0.234 e. The Bertz CT molecular complexity index is 540. The number of nitrogens with one attached hydrogen (secondary N) is 1. The Morgan fingerprint density at radius 3 is 2.94 bits per heavy atom. The summed E-state index contributed by atoms with van der Waals surface area (Å²) in [6, 6.07) is 8.60. The van der Waals surface area contributed by atoms with E-state index in [0.29, 0.717) is 17.0 Å². The van der Waals surface area contributed by atoms with E-state index >= 15 is 0 Å². The van der Waals surface area contributed by atoms with E-state index in [2.05, 4.69) is 5.32 Å². The van der Waals surface area contributed by atoms with Crippen molar-refractivity contribution in [1.82, 2.24) is 0 Å². The first-order chi connectivity index (χ1) is 8.65. The SMILES string of the molecule is Cc1ccc(NC(=O)CSc2cccs2)cc1F. The highest BCUT2D eigenvalue weighted by atomic mass is 32.2. The molecule has 2 rings (SSSR count). The number of halogens is 1. The molecule has 0 radical (unpaired) electrons. The Morgan fingerprint density at radius 1 is 1.44 bits per heavy atom. The zero-order valence-electron chi connectivity index (χ0n) is 9.77. The van der Waals surface area contributed by atoms with E-state index in [9.17, 15) is 9.18 Å². The summed E-state index contributed by atoms with van der Waals surface area (Å²) in [5, 5.41) is 4.65. The third-order valence-electron chi connectivity index (χ3n) is 2.30. The molecule has 1 heterocycles. The molecule has 0 aliphatic heterocycles. The van der Waals surface area contributed by atoms with Crippen LogP contribution in [0.4, 0.5) is 10.1 Å². The predicted molar refractivity (Wildman–Crippen MR) is 74.8 cm³/mol. The summed E-state index contributed by atoms with van der Waals surface area (Å²) in [6.07, 6.45) is 0. The standard InChI is InChI=1S/C13H12FNOS2/c1-9-4-5-10(7-11(9)14)15-12(16)8-18-13-3-2-6-17-13/h2-7H,8H2,1H3,(H,15,16). The lowest BCUT2D eigenvalue weighted by Crippen LogP contribution is -2.14. The van der Waals surface area contributed by atoms with E-state index in [0.717, 1.165) is 4.21 Å². The van der Waals surface area contributed by atoms with Crippen molar-refractivity contribution in [2.75, 3.05) is 11.1 Å². The minimum atomic E-state index is -0.307. The minimum Gasteiger partial charge on any atom is -0.325 e. The molecular weight excluding hydrogens is 269 g/mol. The second kappa shape index (κ2) is 6.02. The van der Waals surface area contributed by atoms with Crippen LogP contribution >= 0.6 is 23.1 Å². The smallest absolute Gasteiger partial charge is 0.234 e. The molecule has 94 valence electrons. The molecule has 0 aliphatic rings. The van der Waals surface area contributed by atoms with Gasteiger partial charge in [-0.2, -0.15) is 0 Å². The number of aryl methyl sites for hydroxylation is 1. The third-order valence-corrected chi connectivity index (χ3v) is 4.43. The first kappa shape index (κ1) is 13.1. The van der Waals surface area contributed by atoms with Gasteiger partial charge in [-0.3, -0.25) is 4.79 Å². The summed E-state index contributed by atoms with van der Waals surface area (Å²) in [5.74, 6) is -0.105. The molecule has 0 atom stereocenters. The summed E-state index contributed by atoms with van der Waals surface area (Å²) in [4.78, 5) is 11.7. The molecule has 0 saturated heterocycles. The topological polar surface area (TPSA) is 29.1 Å². The molecule has 0 saturated carbocycles. The fourth-order valence-corrected chi connectivity index (χ4v) is 2.93. The maximum absolute atomic E-state index is 13.3. The van der Waals surface area contributed by atoms with Gasteiger partial charge in [-0.1, -0.05) is 12.1 Å². The molecule has 0 aliphatic carbocycles. The lowest BCUT2D eigenvalue weighted by Gasteiger charge is -2.05. The largest absolute Gasteiger partial charge is 0.325 e. The molecule has 1 N–H and O–H groups in total. The number of benzene rings is 1. The number of carbonyl (C=O) groups excluding carboxylic acids is 1. The summed E-state index contributed by atoms with van der Waals surface area (Å²) in [7, 11) is 0. The highest BCUT2D eigenvalue weighted by Crippen LogP contribution is 2.23. The first-order valence-corrected chi connectivity index (χ1v) is 7.24. The number of anilines is 1. The number of thiophene rings is 1. The van der Waals surface area contributed by atoms with Crippen LogP contribution in [0.5, 0.6) is 0 Å². The first-order valence-electron chi connectivity index (χ1n) is 5.37. The van der Waals surface area contributed by atoms with E-state index in [1.807, 2.05) is 17.5 Å². The van der Waals surface area contributed by atoms with Gasteiger partial charge in [0.05, 0.1) is 9.96 Å². The van der Waals surface area contributed by atoms with Gasteiger partial charge in [-0.15, -0.1) is 23.1 Å². The fourth-order valence-electron chi connectivity index (χ4n) is 1.35. The van der Waals surface area contributed by atoms with E-state index in [-0.39, 0.29) is 11.7 Å². The molecule has 0 bridgehead atoms. The number of amides is 1. The average Bonchev–Trinajstić information content (AvgIpc) is 2.84. The lowest BCUT2D eigenvalue weighted by molar-refractivity contribution is -0.113. The second-order valence-electron chi connectivity index (χ2n) is 3.73. The molecule has 18 heavy (non-hydrogen) atoms. The van der Waals surface area contributed by atoms with Gasteiger partial charge < -0.3 is 5.32 Å². The molecule has 0 fully saturated rings. The summed E-state index contributed by atoms with van der Waals surface area (Å²) in [5.41, 5.74) is 1.07. The monoisotopic (exact) mass is 281 g/mol. The van der Waals surface area contributed by atoms with Crippen LogP contribution in [0.25, 0.3) is 0 Å². The number of hydrogen-bond donors (Lipinski definition) is 1. The molecule has 2 aromatic rings. The van der Waals surface area contributed by atoms with Crippen molar-refractivity contribution in [3.05, 3.63) is 47.1 Å². The summed E-state index contributed by atoms with van der Waals surface area (Å²) < 4.78 is 14.4. The average molecular weight is 281 g/mol. The predicted octanol–water partition coefficient (Wildman–Crippen LogP) is 3.93. The molecule has 2 nitrogen and oxygen atoms in total. The normalized spacial score (nSPS) is 10.3. The zero-order valence-corrected chi connectivity index (χ0v) is 11.4. The zero-order chi connectivity index (χ0) is 13.0. The van der Waals surface area contributed by atoms with Crippen molar-refractivity contribution in [2.24, 2.45) is 0 Å². The Balaban J connectivity index is 1.88. The van der Waals surface area contributed by atoms with Crippen molar-refractivity contribution in [2.45, 2.75) is 11.1 Å². The van der Waals surface area contributed by atoms with Gasteiger partial charge >= 0.3 is 0 Å². The summed E-state index contributed by atoms with van der Waals surface area (Å²) in [6.45, 7) is 1.69.